The van der Waals surface area contributed by atoms with Gasteiger partial charge in [0.1, 0.15) is 0 Å². The van der Waals surface area contributed by atoms with Crippen molar-refractivity contribution in [3.8, 4) is 0 Å². The molecular weight excluding hydrogens is 362 g/mol. The summed E-state index contributed by atoms with van der Waals surface area (Å²) in [7, 11) is 0.482. The second kappa shape index (κ2) is 8.10. The molecule has 1 aliphatic heterocycles. The lowest BCUT2D eigenvalue weighted by Gasteiger charge is -2.34. The maximum absolute atomic E-state index is 12.8. The summed E-state index contributed by atoms with van der Waals surface area (Å²) in [6.45, 7) is 1.46. The van der Waals surface area contributed by atoms with Gasteiger partial charge in [-0.05, 0) is 23.8 Å². The molecule has 7 heteroatoms. The molecule has 27 heavy (non-hydrogen) atoms. The van der Waals surface area contributed by atoms with Crippen LogP contribution in [0.2, 0.25) is 0 Å². The van der Waals surface area contributed by atoms with E-state index in [1.165, 1.54) is 4.31 Å². The molecule has 0 N–H and O–H groups in total. The van der Waals surface area contributed by atoms with Crippen molar-refractivity contribution in [2.75, 3.05) is 45.2 Å². The first-order chi connectivity index (χ1) is 12.9. The minimum absolute atomic E-state index is 0.00728. The van der Waals surface area contributed by atoms with E-state index in [1.54, 1.807) is 11.0 Å². The fraction of sp³-hybridized carbons (Fsp3) is 0.350. The van der Waals surface area contributed by atoms with Crippen LogP contribution in [-0.2, 0) is 15.8 Å². The molecule has 1 aliphatic rings. The van der Waals surface area contributed by atoms with Gasteiger partial charge in [0.15, 0.2) is 0 Å². The fourth-order valence-electron chi connectivity index (χ4n) is 3.15. The number of hydrogen-bond donors (Lipinski definition) is 0. The van der Waals surface area contributed by atoms with Crippen LogP contribution in [-0.4, -0.2) is 63.8 Å². The summed E-state index contributed by atoms with van der Waals surface area (Å²) in [5.74, 6) is -0.0639. The van der Waals surface area contributed by atoms with Gasteiger partial charge in [-0.2, -0.15) is 4.31 Å². The summed E-state index contributed by atoms with van der Waals surface area (Å²) in [6.07, 6.45) is 0. The molecule has 3 rings (SSSR count). The first-order valence-corrected chi connectivity index (χ1v) is 10.6. The average molecular weight is 388 g/mol. The Balaban J connectivity index is 1.63. The highest BCUT2D eigenvalue weighted by Gasteiger charge is 2.29. The second-order valence-electron chi connectivity index (χ2n) is 6.88. The van der Waals surface area contributed by atoms with E-state index < -0.39 is 10.0 Å². The fourth-order valence-corrected chi connectivity index (χ4v) is 4.66. The van der Waals surface area contributed by atoms with Crippen LogP contribution in [0.5, 0.6) is 0 Å². The zero-order chi connectivity index (χ0) is 19.4. The zero-order valence-electron chi connectivity index (χ0n) is 15.7. The third-order valence-corrected chi connectivity index (χ3v) is 6.57. The predicted molar refractivity (Wildman–Crippen MR) is 107 cm³/mol. The Morgan fingerprint density at radius 1 is 0.963 bits per heavy atom. The highest BCUT2D eigenvalue weighted by molar-refractivity contribution is 7.88. The van der Waals surface area contributed by atoms with Crippen molar-refractivity contribution in [3.05, 3.63) is 65.7 Å². The Bertz CT molecular complexity index is 890. The third kappa shape index (κ3) is 4.67. The Labute approximate surface area is 161 Å². The number of benzene rings is 2. The van der Waals surface area contributed by atoms with Crippen LogP contribution in [0.1, 0.15) is 15.9 Å². The zero-order valence-corrected chi connectivity index (χ0v) is 16.5. The Morgan fingerprint density at radius 2 is 1.63 bits per heavy atom. The molecule has 2 aromatic carbocycles. The van der Waals surface area contributed by atoms with Gasteiger partial charge in [-0.15, -0.1) is 0 Å². The highest BCUT2D eigenvalue weighted by atomic mass is 32.2. The molecule has 6 nitrogen and oxygen atoms in total. The van der Waals surface area contributed by atoms with E-state index in [0.717, 1.165) is 11.3 Å². The van der Waals surface area contributed by atoms with Gasteiger partial charge < -0.3 is 9.80 Å². The summed E-state index contributed by atoms with van der Waals surface area (Å²) in [5, 5.41) is 0. The van der Waals surface area contributed by atoms with Crippen molar-refractivity contribution >= 4 is 21.6 Å². The Morgan fingerprint density at radius 3 is 2.26 bits per heavy atom. The number of piperazine rings is 1. The molecule has 0 aliphatic carbocycles. The van der Waals surface area contributed by atoms with Gasteiger partial charge in [-0.3, -0.25) is 4.79 Å². The van der Waals surface area contributed by atoms with Gasteiger partial charge in [0.05, 0.1) is 5.75 Å². The maximum Gasteiger partial charge on any atom is 0.254 e. The minimum atomic E-state index is -3.38. The van der Waals surface area contributed by atoms with Crippen LogP contribution in [0.15, 0.2) is 54.6 Å². The number of rotatable bonds is 5. The van der Waals surface area contributed by atoms with Crippen molar-refractivity contribution in [3.63, 3.8) is 0 Å². The van der Waals surface area contributed by atoms with Crippen molar-refractivity contribution < 1.29 is 13.2 Å². The molecule has 0 spiro atoms. The smallest absolute Gasteiger partial charge is 0.254 e. The van der Waals surface area contributed by atoms with Crippen LogP contribution in [0.4, 0.5) is 5.69 Å². The van der Waals surface area contributed by atoms with Crippen molar-refractivity contribution in [1.82, 2.24) is 9.21 Å². The number of carbonyl (C=O) groups is 1. The number of amides is 1. The molecular formula is C20H25N3O3S. The number of sulfonamides is 1. The van der Waals surface area contributed by atoms with Crippen LogP contribution < -0.4 is 4.90 Å². The molecule has 144 valence electrons. The average Bonchev–Trinajstić information content (AvgIpc) is 2.68. The molecule has 0 saturated carbocycles. The van der Waals surface area contributed by atoms with E-state index in [-0.39, 0.29) is 11.7 Å². The summed E-state index contributed by atoms with van der Waals surface area (Å²) >= 11 is 0. The van der Waals surface area contributed by atoms with E-state index >= 15 is 0 Å². The van der Waals surface area contributed by atoms with E-state index in [9.17, 15) is 13.2 Å². The topological polar surface area (TPSA) is 60.9 Å². The normalized spacial score (nSPS) is 15.6. The second-order valence-corrected chi connectivity index (χ2v) is 8.85. The van der Waals surface area contributed by atoms with Crippen molar-refractivity contribution in [2.24, 2.45) is 0 Å². The van der Waals surface area contributed by atoms with Gasteiger partial charge in [0.2, 0.25) is 10.0 Å². The number of anilines is 1. The molecule has 0 unspecified atom stereocenters. The molecule has 1 heterocycles. The monoisotopic (exact) mass is 387 g/mol. The first-order valence-electron chi connectivity index (χ1n) is 8.95. The first kappa shape index (κ1) is 19.4. The third-order valence-electron chi connectivity index (χ3n) is 4.72. The molecule has 1 amide bonds. The van der Waals surface area contributed by atoms with E-state index in [1.807, 2.05) is 67.5 Å². The van der Waals surface area contributed by atoms with E-state index in [2.05, 4.69) is 0 Å². The summed E-state index contributed by atoms with van der Waals surface area (Å²) in [5.41, 5.74) is 2.36. The van der Waals surface area contributed by atoms with Crippen LogP contribution in [0, 0.1) is 0 Å². The molecule has 0 atom stereocenters. The summed E-state index contributed by atoms with van der Waals surface area (Å²) in [4.78, 5) is 16.4. The lowest BCUT2D eigenvalue weighted by atomic mass is 10.1. The summed E-state index contributed by atoms with van der Waals surface area (Å²) < 4.78 is 26.8. The van der Waals surface area contributed by atoms with Crippen LogP contribution in [0.25, 0.3) is 0 Å². The SMILES string of the molecule is CN(C)c1cccc(C(=O)N2CCN(S(=O)(=O)Cc3ccccc3)CC2)c1. The number of nitrogens with zero attached hydrogens (tertiary/aromatic N) is 3. The minimum Gasteiger partial charge on any atom is -0.378 e. The molecule has 1 saturated heterocycles. The molecule has 1 fully saturated rings. The van der Waals surface area contributed by atoms with Gasteiger partial charge >= 0.3 is 0 Å². The molecule has 2 aromatic rings. The number of hydrogen-bond acceptors (Lipinski definition) is 4. The van der Waals surface area contributed by atoms with Crippen LogP contribution in [0.3, 0.4) is 0 Å². The van der Waals surface area contributed by atoms with Gasteiger partial charge in [-0.25, -0.2) is 8.42 Å². The Hall–Kier alpha value is -2.38. The van der Waals surface area contributed by atoms with Crippen molar-refractivity contribution in [2.45, 2.75) is 5.75 Å². The van der Waals surface area contributed by atoms with Crippen LogP contribution >= 0.6 is 0 Å². The largest absolute Gasteiger partial charge is 0.378 e. The van der Waals surface area contributed by atoms with Gasteiger partial charge in [0, 0.05) is 51.5 Å². The molecule has 0 aromatic heterocycles. The number of carbonyl (C=O) groups excluding carboxylic acids is 1. The quantitative estimate of drug-likeness (QED) is 0.788. The van der Waals surface area contributed by atoms with Gasteiger partial charge in [-0.1, -0.05) is 36.4 Å². The van der Waals surface area contributed by atoms with E-state index in [4.69, 9.17) is 0 Å². The molecule has 0 bridgehead atoms. The van der Waals surface area contributed by atoms with E-state index in [0.29, 0.717) is 31.7 Å². The standard InChI is InChI=1S/C20H25N3O3S/c1-21(2)19-10-6-9-18(15-19)20(24)22-11-13-23(14-12-22)27(25,26)16-17-7-4-3-5-8-17/h3-10,15H,11-14,16H2,1-2H3. The lowest BCUT2D eigenvalue weighted by Crippen LogP contribution is -2.50. The molecule has 0 radical (unpaired) electrons. The lowest BCUT2D eigenvalue weighted by molar-refractivity contribution is 0.0698. The summed E-state index contributed by atoms with van der Waals surface area (Å²) in [6, 6.07) is 16.6. The Kier molecular flexibility index (Phi) is 5.82. The maximum atomic E-state index is 12.8. The van der Waals surface area contributed by atoms with Gasteiger partial charge in [0.25, 0.3) is 5.91 Å². The highest BCUT2D eigenvalue weighted by Crippen LogP contribution is 2.18. The van der Waals surface area contributed by atoms with Crippen molar-refractivity contribution in [1.29, 1.82) is 0 Å². The predicted octanol–water partition coefficient (Wildman–Crippen LogP) is 2.04.